The Kier molecular flexibility index (Phi) is 6.26. The fourth-order valence-corrected chi connectivity index (χ4v) is 2.79. The van der Waals surface area contributed by atoms with Gasteiger partial charge >= 0.3 is 18.0 Å². The number of methoxy groups -OCH3 is 3. The van der Waals surface area contributed by atoms with Crippen LogP contribution in [0, 0.1) is 5.92 Å². The van der Waals surface area contributed by atoms with Crippen LogP contribution in [-0.4, -0.2) is 62.4 Å². The first-order valence-electron chi connectivity index (χ1n) is 8.04. The van der Waals surface area contributed by atoms with Crippen molar-refractivity contribution in [1.82, 2.24) is 4.90 Å². The SMILES string of the molecule is COC(=O)c1cc(OC)c(OC)cc1NC(=O)N1CCC(C(=O)O)CC1. The number of anilines is 1. The van der Waals surface area contributed by atoms with Crippen LogP contribution in [0.4, 0.5) is 10.5 Å². The summed E-state index contributed by atoms with van der Waals surface area (Å²) < 4.78 is 15.1. The maximum Gasteiger partial charge on any atom is 0.340 e. The van der Waals surface area contributed by atoms with Crippen LogP contribution < -0.4 is 14.8 Å². The molecule has 9 heteroatoms. The number of likely N-dealkylation sites (tertiary alicyclic amines) is 1. The molecular weight excluding hydrogens is 344 g/mol. The minimum absolute atomic E-state index is 0.124. The highest BCUT2D eigenvalue weighted by molar-refractivity contribution is 6.01. The molecule has 2 rings (SSSR count). The average molecular weight is 366 g/mol. The Morgan fingerprint density at radius 2 is 1.65 bits per heavy atom. The lowest BCUT2D eigenvalue weighted by atomic mass is 9.97. The molecule has 0 spiro atoms. The van der Waals surface area contributed by atoms with Gasteiger partial charge in [0.15, 0.2) is 11.5 Å². The lowest BCUT2D eigenvalue weighted by Gasteiger charge is -2.30. The van der Waals surface area contributed by atoms with Crippen LogP contribution in [0.1, 0.15) is 23.2 Å². The molecule has 1 aliphatic heterocycles. The molecular formula is C17H22N2O7. The molecule has 1 heterocycles. The van der Waals surface area contributed by atoms with Gasteiger partial charge in [0, 0.05) is 25.2 Å². The van der Waals surface area contributed by atoms with Gasteiger partial charge in [0.1, 0.15) is 0 Å². The third kappa shape index (κ3) is 4.16. The number of hydrogen-bond donors (Lipinski definition) is 2. The van der Waals surface area contributed by atoms with Gasteiger partial charge in [0.2, 0.25) is 0 Å². The Morgan fingerprint density at radius 1 is 1.08 bits per heavy atom. The van der Waals surface area contributed by atoms with E-state index in [0.717, 1.165) is 0 Å². The maximum absolute atomic E-state index is 12.5. The van der Waals surface area contributed by atoms with E-state index in [-0.39, 0.29) is 11.3 Å². The number of carbonyl (C=O) groups is 3. The molecule has 142 valence electrons. The highest BCUT2D eigenvalue weighted by Gasteiger charge is 2.28. The fourth-order valence-electron chi connectivity index (χ4n) is 2.79. The Balaban J connectivity index is 2.20. The zero-order valence-corrected chi connectivity index (χ0v) is 14.9. The molecule has 1 saturated heterocycles. The van der Waals surface area contributed by atoms with Crippen molar-refractivity contribution in [3.63, 3.8) is 0 Å². The van der Waals surface area contributed by atoms with Gasteiger partial charge in [-0.2, -0.15) is 0 Å². The Morgan fingerprint density at radius 3 is 2.15 bits per heavy atom. The number of hydrogen-bond acceptors (Lipinski definition) is 6. The zero-order valence-electron chi connectivity index (χ0n) is 14.9. The topological polar surface area (TPSA) is 114 Å². The first kappa shape index (κ1) is 19.4. The number of piperidine rings is 1. The van der Waals surface area contributed by atoms with Crippen LogP contribution in [0.2, 0.25) is 0 Å². The van der Waals surface area contributed by atoms with Gasteiger partial charge in [-0.05, 0) is 12.8 Å². The molecule has 0 saturated carbocycles. The molecule has 0 aromatic heterocycles. The normalized spacial score (nSPS) is 14.5. The van der Waals surface area contributed by atoms with E-state index in [2.05, 4.69) is 5.32 Å². The molecule has 0 radical (unpaired) electrons. The summed E-state index contributed by atoms with van der Waals surface area (Å²) in [7, 11) is 4.11. The van der Waals surface area contributed by atoms with E-state index < -0.39 is 23.9 Å². The van der Waals surface area contributed by atoms with E-state index in [1.807, 2.05) is 0 Å². The summed E-state index contributed by atoms with van der Waals surface area (Å²) in [6.45, 7) is 0.646. The van der Waals surface area contributed by atoms with Crippen molar-refractivity contribution in [3.8, 4) is 11.5 Å². The van der Waals surface area contributed by atoms with Crippen molar-refractivity contribution in [1.29, 1.82) is 0 Å². The summed E-state index contributed by atoms with van der Waals surface area (Å²) in [4.78, 5) is 37.1. The number of carboxylic acid groups (broad SMARTS) is 1. The fraction of sp³-hybridized carbons (Fsp3) is 0.471. The third-order valence-corrected chi connectivity index (χ3v) is 4.30. The van der Waals surface area contributed by atoms with E-state index in [1.54, 1.807) is 0 Å². The average Bonchev–Trinajstić information content (AvgIpc) is 2.66. The molecule has 2 amide bonds. The number of rotatable bonds is 5. The lowest BCUT2D eigenvalue weighted by molar-refractivity contribution is -0.143. The van der Waals surface area contributed by atoms with E-state index in [9.17, 15) is 14.4 Å². The van der Waals surface area contributed by atoms with Crippen molar-refractivity contribution < 1.29 is 33.7 Å². The van der Waals surface area contributed by atoms with Crippen LogP contribution in [0.5, 0.6) is 11.5 Å². The van der Waals surface area contributed by atoms with Crippen LogP contribution in [-0.2, 0) is 9.53 Å². The third-order valence-electron chi connectivity index (χ3n) is 4.30. The van der Waals surface area contributed by atoms with E-state index in [4.69, 9.17) is 19.3 Å². The molecule has 2 N–H and O–H groups in total. The van der Waals surface area contributed by atoms with Gasteiger partial charge in [-0.1, -0.05) is 0 Å². The second-order valence-corrected chi connectivity index (χ2v) is 5.77. The number of nitrogens with zero attached hydrogens (tertiary/aromatic N) is 1. The first-order valence-corrected chi connectivity index (χ1v) is 8.04. The summed E-state index contributed by atoms with van der Waals surface area (Å²) in [5.41, 5.74) is 0.346. The van der Waals surface area contributed by atoms with Crippen molar-refractivity contribution in [2.75, 3.05) is 39.7 Å². The maximum atomic E-state index is 12.5. The smallest absolute Gasteiger partial charge is 0.340 e. The molecule has 9 nitrogen and oxygen atoms in total. The largest absolute Gasteiger partial charge is 0.493 e. The Labute approximate surface area is 150 Å². The highest BCUT2D eigenvalue weighted by atomic mass is 16.5. The molecule has 0 aliphatic carbocycles. The standard InChI is InChI=1S/C17H22N2O7/c1-24-13-8-11(16(22)26-3)12(9-14(13)25-2)18-17(23)19-6-4-10(5-7-19)15(20)21/h8-10H,4-7H2,1-3H3,(H,18,23)(H,20,21). The predicted molar refractivity (Wildman–Crippen MR) is 91.8 cm³/mol. The Hall–Kier alpha value is -2.97. The van der Waals surface area contributed by atoms with Gasteiger partial charge in [0.25, 0.3) is 0 Å². The molecule has 1 aromatic carbocycles. The second-order valence-electron chi connectivity index (χ2n) is 5.77. The summed E-state index contributed by atoms with van der Waals surface area (Å²) in [5, 5.41) is 11.7. The number of ether oxygens (including phenoxy) is 3. The lowest BCUT2D eigenvalue weighted by Crippen LogP contribution is -2.42. The molecule has 26 heavy (non-hydrogen) atoms. The van der Waals surface area contributed by atoms with Gasteiger partial charge in [0.05, 0.1) is 38.5 Å². The van der Waals surface area contributed by atoms with Crippen molar-refractivity contribution in [2.24, 2.45) is 5.92 Å². The van der Waals surface area contributed by atoms with E-state index in [1.165, 1.54) is 38.4 Å². The number of carbonyl (C=O) groups excluding carboxylic acids is 2. The minimum Gasteiger partial charge on any atom is -0.493 e. The Bertz CT molecular complexity index is 697. The van der Waals surface area contributed by atoms with Gasteiger partial charge in [-0.25, -0.2) is 9.59 Å². The molecule has 1 aliphatic rings. The van der Waals surface area contributed by atoms with Crippen molar-refractivity contribution in [3.05, 3.63) is 17.7 Å². The van der Waals surface area contributed by atoms with Crippen LogP contribution in [0.15, 0.2) is 12.1 Å². The summed E-state index contributed by atoms with van der Waals surface area (Å²) in [6, 6.07) is 2.48. The molecule has 0 unspecified atom stereocenters. The first-order chi connectivity index (χ1) is 12.4. The monoisotopic (exact) mass is 366 g/mol. The number of nitrogens with one attached hydrogen (secondary N) is 1. The number of carboxylic acids is 1. The number of amides is 2. The number of urea groups is 1. The quantitative estimate of drug-likeness (QED) is 0.764. The molecule has 0 bridgehead atoms. The number of esters is 1. The number of aliphatic carboxylic acids is 1. The van der Waals surface area contributed by atoms with Crippen LogP contribution in [0.3, 0.4) is 0 Å². The summed E-state index contributed by atoms with van der Waals surface area (Å²) in [5.74, 6) is -1.25. The predicted octanol–water partition coefficient (Wildman–Crippen LogP) is 1.82. The minimum atomic E-state index is -0.849. The van der Waals surface area contributed by atoms with Gasteiger partial charge in [-0.3, -0.25) is 4.79 Å². The van der Waals surface area contributed by atoms with Crippen LogP contribution >= 0.6 is 0 Å². The summed E-state index contributed by atoms with van der Waals surface area (Å²) >= 11 is 0. The van der Waals surface area contributed by atoms with Gasteiger partial charge in [-0.15, -0.1) is 0 Å². The second kappa shape index (κ2) is 8.41. The summed E-state index contributed by atoms with van der Waals surface area (Å²) in [6.07, 6.45) is 0.775. The molecule has 1 fully saturated rings. The van der Waals surface area contributed by atoms with E-state index in [0.29, 0.717) is 37.4 Å². The molecule has 1 aromatic rings. The van der Waals surface area contributed by atoms with E-state index >= 15 is 0 Å². The highest BCUT2D eigenvalue weighted by Crippen LogP contribution is 2.34. The zero-order chi connectivity index (χ0) is 19.3. The van der Waals surface area contributed by atoms with Crippen LogP contribution in [0.25, 0.3) is 0 Å². The van der Waals surface area contributed by atoms with Crippen molar-refractivity contribution in [2.45, 2.75) is 12.8 Å². The molecule has 0 atom stereocenters. The van der Waals surface area contributed by atoms with Gasteiger partial charge < -0.3 is 29.5 Å². The van der Waals surface area contributed by atoms with Crippen molar-refractivity contribution >= 4 is 23.7 Å². The number of benzene rings is 1.